The molecule has 1 aliphatic heterocycles. The zero-order valence-electron chi connectivity index (χ0n) is 16.7. The van der Waals surface area contributed by atoms with E-state index in [0.717, 1.165) is 42.3 Å². The van der Waals surface area contributed by atoms with Gasteiger partial charge in [-0.15, -0.1) is 0 Å². The number of phenols is 1. The molecule has 0 radical (unpaired) electrons. The van der Waals surface area contributed by atoms with E-state index in [1.54, 1.807) is 24.3 Å². The number of anilines is 1. The molecule has 2 aromatic rings. The van der Waals surface area contributed by atoms with E-state index in [1.165, 1.54) is 13.2 Å². The predicted molar refractivity (Wildman–Crippen MR) is 107 cm³/mol. The van der Waals surface area contributed by atoms with Gasteiger partial charge in [0.25, 0.3) is 5.91 Å². The molecule has 1 aliphatic rings. The molecule has 1 saturated heterocycles. The maximum Gasteiger partial charge on any atom is 0.387 e. The SMILES string of the molecule is COc1cc(CNC(=O)C[NH+]2CCN(c3ccccc3O)CC2)ccc1OC(F)F. The van der Waals surface area contributed by atoms with Crippen LogP contribution < -0.4 is 24.6 Å². The first kappa shape index (κ1) is 21.6. The summed E-state index contributed by atoms with van der Waals surface area (Å²) in [5.41, 5.74) is 1.54. The second kappa shape index (κ2) is 10.1. The molecule has 0 unspecified atom stereocenters. The number of quaternary nitrogens is 1. The van der Waals surface area contributed by atoms with Gasteiger partial charge in [0.2, 0.25) is 0 Å². The smallest absolute Gasteiger partial charge is 0.387 e. The lowest BCUT2D eigenvalue weighted by molar-refractivity contribution is -0.892. The summed E-state index contributed by atoms with van der Waals surface area (Å²) < 4.78 is 34.3. The van der Waals surface area contributed by atoms with Crippen LogP contribution in [0, 0.1) is 0 Å². The van der Waals surface area contributed by atoms with E-state index in [2.05, 4.69) is 15.0 Å². The molecule has 0 aliphatic carbocycles. The van der Waals surface area contributed by atoms with Gasteiger partial charge in [-0.25, -0.2) is 0 Å². The second-order valence-electron chi connectivity index (χ2n) is 7.04. The predicted octanol–water partition coefficient (Wildman–Crippen LogP) is 1.02. The van der Waals surface area contributed by atoms with Crippen molar-refractivity contribution >= 4 is 11.6 Å². The number of carbonyl (C=O) groups is 1. The topological polar surface area (TPSA) is 75.5 Å². The Kier molecular flexibility index (Phi) is 7.29. The number of carbonyl (C=O) groups excluding carboxylic acids is 1. The molecule has 0 spiro atoms. The fourth-order valence-electron chi connectivity index (χ4n) is 3.48. The van der Waals surface area contributed by atoms with Crippen LogP contribution in [0.5, 0.6) is 17.2 Å². The second-order valence-corrected chi connectivity index (χ2v) is 7.04. The largest absolute Gasteiger partial charge is 0.506 e. The Bertz CT molecular complexity index is 858. The number of phenolic OH excluding ortho intramolecular Hbond substituents is 1. The summed E-state index contributed by atoms with van der Waals surface area (Å²) in [6, 6.07) is 11.8. The van der Waals surface area contributed by atoms with Crippen molar-refractivity contribution in [3.8, 4) is 17.2 Å². The number of alkyl halides is 2. The summed E-state index contributed by atoms with van der Waals surface area (Å²) in [4.78, 5) is 15.6. The molecule has 7 nitrogen and oxygen atoms in total. The zero-order valence-corrected chi connectivity index (χ0v) is 16.7. The minimum atomic E-state index is -2.93. The number of amides is 1. The standard InChI is InChI=1S/C21H25F2N3O4/c1-29-19-12-15(6-7-18(19)30-21(22)23)13-24-20(28)14-25-8-10-26(11-9-25)16-4-2-3-5-17(16)27/h2-7,12,21,27H,8-11,13-14H2,1H3,(H,24,28)/p+1. The Labute approximate surface area is 173 Å². The third kappa shape index (κ3) is 5.73. The van der Waals surface area contributed by atoms with Crippen molar-refractivity contribution in [2.75, 3.05) is 44.7 Å². The van der Waals surface area contributed by atoms with Gasteiger partial charge in [-0.1, -0.05) is 18.2 Å². The van der Waals surface area contributed by atoms with Gasteiger partial charge in [-0.3, -0.25) is 4.79 Å². The first-order valence-electron chi connectivity index (χ1n) is 9.71. The molecule has 162 valence electrons. The van der Waals surface area contributed by atoms with Gasteiger partial charge in [0, 0.05) is 6.54 Å². The van der Waals surface area contributed by atoms with E-state index in [4.69, 9.17) is 4.74 Å². The highest BCUT2D eigenvalue weighted by atomic mass is 19.3. The molecule has 0 atom stereocenters. The van der Waals surface area contributed by atoms with Crippen LogP contribution in [0.2, 0.25) is 0 Å². The number of benzene rings is 2. The van der Waals surface area contributed by atoms with Crippen molar-refractivity contribution in [1.82, 2.24) is 5.32 Å². The summed E-state index contributed by atoms with van der Waals surface area (Å²) in [6.07, 6.45) is 0. The number of rotatable bonds is 8. The van der Waals surface area contributed by atoms with Crippen LogP contribution in [0.1, 0.15) is 5.56 Å². The molecule has 1 amide bonds. The number of para-hydroxylation sites is 2. The number of ether oxygens (including phenoxy) is 2. The average Bonchev–Trinajstić information content (AvgIpc) is 2.73. The highest BCUT2D eigenvalue weighted by molar-refractivity contribution is 5.76. The first-order valence-corrected chi connectivity index (χ1v) is 9.71. The maximum absolute atomic E-state index is 12.4. The number of nitrogens with one attached hydrogen (secondary N) is 2. The normalized spacial score (nSPS) is 14.6. The summed E-state index contributed by atoms with van der Waals surface area (Å²) >= 11 is 0. The van der Waals surface area contributed by atoms with E-state index >= 15 is 0 Å². The van der Waals surface area contributed by atoms with E-state index in [-0.39, 0.29) is 29.7 Å². The average molecular weight is 422 g/mol. The van der Waals surface area contributed by atoms with Gasteiger partial charge >= 0.3 is 6.61 Å². The molecule has 3 N–H and O–H groups in total. The van der Waals surface area contributed by atoms with E-state index in [0.29, 0.717) is 6.54 Å². The molecular formula is C21H26F2N3O4+. The van der Waals surface area contributed by atoms with Crippen molar-refractivity contribution in [2.24, 2.45) is 0 Å². The lowest BCUT2D eigenvalue weighted by Crippen LogP contribution is -3.15. The molecule has 1 heterocycles. The molecule has 3 rings (SSSR count). The number of piperazine rings is 1. The van der Waals surface area contributed by atoms with Crippen LogP contribution in [-0.2, 0) is 11.3 Å². The minimum absolute atomic E-state index is 0.0469. The molecule has 30 heavy (non-hydrogen) atoms. The fourth-order valence-corrected chi connectivity index (χ4v) is 3.48. The first-order chi connectivity index (χ1) is 14.5. The third-order valence-corrected chi connectivity index (χ3v) is 5.04. The minimum Gasteiger partial charge on any atom is -0.506 e. The monoisotopic (exact) mass is 422 g/mol. The number of aromatic hydroxyl groups is 1. The van der Waals surface area contributed by atoms with Crippen molar-refractivity contribution in [2.45, 2.75) is 13.2 Å². The van der Waals surface area contributed by atoms with Crippen molar-refractivity contribution < 1.29 is 33.1 Å². The maximum atomic E-state index is 12.4. The van der Waals surface area contributed by atoms with E-state index < -0.39 is 6.61 Å². The van der Waals surface area contributed by atoms with E-state index in [9.17, 15) is 18.7 Å². The third-order valence-electron chi connectivity index (χ3n) is 5.04. The van der Waals surface area contributed by atoms with Gasteiger partial charge < -0.3 is 29.7 Å². The van der Waals surface area contributed by atoms with Gasteiger partial charge in [-0.2, -0.15) is 8.78 Å². The molecule has 1 fully saturated rings. The van der Waals surface area contributed by atoms with Crippen LogP contribution in [-0.4, -0.2) is 57.5 Å². The molecular weight excluding hydrogens is 396 g/mol. The Morgan fingerprint density at radius 2 is 1.93 bits per heavy atom. The van der Waals surface area contributed by atoms with Gasteiger partial charge in [0.15, 0.2) is 18.0 Å². The van der Waals surface area contributed by atoms with Crippen molar-refractivity contribution in [3.05, 3.63) is 48.0 Å². The lowest BCUT2D eigenvalue weighted by Gasteiger charge is -2.33. The molecule has 2 aromatic carbocycles. The van der Waals surface area contributed by atoms with Crippen molar-refractivity contribution in [3.63, 3.8) is 0 Å². The summed E-state index contributed by atoms with van der Waals surface area (Å²) in [6.45, 7) is 0.759. The van der Waals surface area contributed by atoms with Crippen LogP contribution in [0.4, 0.5) is 14.5 Å². The Morgan fingerprint density at radius 3 is 2.60 bits per heavy atom. The van der Waals surface area contributed by atoms with Crippen LogP contribution in [0.3, 0.4) is 0 Å². The lowest BCUT2D eigenvalue weighted by atomic mass is 10.2. The molecule has 0 bridgehead atoms. The van der Waals surface area contributed by atoms with E-state index in [1.807, 2.05) is 12.1 Å². The number of halogens is 2. The van der Waals surface area contributed by atoms with Crippen LogP contribution in [0.25, 0.3) is 0 Å². The Morgan fingerprint density at radius 1 is 1.20 bits per heavy atom. The molecule has 0 saturated carbocycles. The summed E-state index contributed by atoms with van der Waals surface area (Å²) in [7, 11) is 1.37. The number of hydrogen-bond acceptors (Lipinski definition) is 5. The quantitative estimate of drug-likeness (QED) is 0.593. The number of methoxy groups -OCH3 is 1. The summed E-state index contributed by atoms with van der Waals surface area (Å²) in [5.74, 6) is 0.314. The molecule has 9 heteroatoms. The van der Waals surface area contributed by atoms with Crippen LogP contribution in [0.15, 0.2) is 42.5 Å². The highest BCUT2D eigenvalue weighted by Crippen LogP contribution is 2.29. The van der Waals surface area contributed by atoms with Gasteiger partial charge in [-0.05, 0) is 29.8 Å². The Hall–Kier alpha value is -3.07. The van der Waals surface area contributed by atoms with Crippen LogP contribution >= 0.6 is 0 Å². The summed E-state index contributed by atoms with van der Waals surface area (Å²) in [5, 5.41) is 12.8. The number of nitrogens with zero attached hydrogens (tertiary/aromatic N) is 1. The zero-order chi connectivity index (χ0) is 21.5. The Balaban J connectivity index is 1.46. The van der Waals surface area contributed by atoms with Crippen molar-refractivity contribution in [1.29, 1.82) is 0 Å². The highest BCUT2D eigenvalue weighted by Gasteiger charge is 2.23. The van der Waals surface area contributed by atoms with Gasteiger partial charge in [0.05, 0.1) is 39.0 Å². The number of hydrogen-bond donors (Lipinski definition) is 3. The molecule has 0 aromatic heterocycles. The fraction of sp³-hybridized carbons (Fsp3) is 0.381. The van der Waals surface area contributed by atoms with Gasteiger partial charge in [0.1, 0.15) is 5.75 Å².